The van der Waals surface area contributed by atoms with Crippen LogP contribution in [-0.2, 0) is 16.6 Å². The van der Waals surface area contributed by atoms with E-state index in [0.717, 1.165) is 27.5 Å². The third-order valence-corrected chi connectivity index (χ3v) is 12.7. The average Bonchev–Trinajstić information content (AvgIpc) is 3.91. The van der Waals surface area contributed by atoms with Gasteiger partial charge in [-0.25, -0.2) is 26.5 Å². The predicted molar refractivity (Wildman–Crippen MR) is 215 cm³/mol. The van der Waals surface area contributed by atoms with E-state index in [1.165, 1.54) is 24.6 Å². The second kappa shape index (κ2) is 16.1. The Balaban J connectivity index is 1.06. The molecule has 8 rings (SSSR count). The first kappa shape index (κ1) is 38.2. The van der Waals surface area contributed by atoms with Gasteiger partial charge in [-0.3, -0.25) is 9.58 Å². The van der Waals surface area contributed by atoms with Crippen LogP contribution in [0.2, 0.25) is 5.02 Å². The lowest BCUT2D eigenvalue weighted by Crippen LogP contribution is -2.50. The number of rotatable bonds is 13. The van der Waals surface area contributed by atoms with Crippen molar-refractivity contribution >= 4 is 38.3 Å². The number of hydrogen-bond acceptors (Lipinski definition) is 9. The lowest BCUT2D eigenvalue weighted by Gasteiger charge is -2.45. The lowest BCUT2D eigenvalue weighted by molar-refractivity contribution is 0.0691. The van der Waals surface area contributed by atoms with Gasteiger partial charge in [-0.1, -0.05) is 78.3 Å². The highest BCUT2D eigenvalue weighted by atomic mass is 35.5. The number of hydrogen-bond donors (Lipinski definition) is 0. The summed E-state index contributed by atoms with van der Waals surface area (Å²) in [5.74, 6) is -2.07. The van der Waals surface area contributed by atoms with Crippen molar-refractivity contribution in [2.24, 2.45) is 0 Å². The summed E-state index contributed by atoms with van der Waals surface area (Å²) in [6, 6.07) is 33.8. The van der Waals surface area contributed by atoms with Gasteiger partial charge in [-0.2, -0.15) is 9.47 Å². The minimum Gasteiger partial charge on any atom is -0.497 e. The van der Waals surface area contributed by atoms with Crippen LogP contribution in [0, 0.1) is 18.6 Å². The molecule has 0 atom stereocenters. The third kappa shape index (κ3) is 7.73. The van der Waals surface area contributed by atoms with Crippen molar-refractivity contribution in [1.29, 1.82) is 0 Å². The van der Waals surface area contributed by atoms with Crippen molar-refractivity contribution in [3.05, 3.63) is 167 Å². The Hall–Kier alpha value is -5.67. The molecular formula is C42H35ClF2N6O4S2. The molecule has 1 saturated heterocycles. The van der Waals surface area contributed by atoms with Crippen molar-refractivity contribution in [2.75, 3.05) is 24.5 Å². The maximum Gasteiger partial charge on any atom is 0.269 e. The number of likely N-dealkylation sites (tertiary alicyclic amines) is 1. The Labute approximate surface area is 337 Å². The van der Waals surface area contributed by atoms with Crippen LogP contribution in [0.1, 0.15) is 34.3 Å². The van der Waals surface area contributed by atoms with E-state index < -0.39 is 32.3 Å². The second-order valence-electron chi connectivity index (χ2n) is 13.5. The van der Waals surface area contributed by atoms with Crippen LogP contribution in [-0.4, -0.2) is 52.7 Å². The fourth-order valence-electron chi connectivity index (χ4n) is 7.03. The van der Waals surface area contributed by atoms with Gasteiger partial charge in [0, 0.05) is 53.5 Å². The largest absolute Gasteiger partial charge is 0.497 e. The fourth-order valence-corrected chi connectivity index (χ4v) is 9.39. The molecule has 0 aliphatic carbocycles. The number of methoxy groups -OCH3 is 1. The highest BCUT2D eigenvalue weighted by Crippen LogP contribution is 2.42. The molecule has 0 bridgehead atoms. The van der Waals surface area contributed by atoms with Crippen molar-refractivity contribution in [2.45, 2.75) is 30.4 Å². The standard InChI is InChI=1S/C42H35ClF2N6O4S2/c1-27-19-33(54-2)15-13-30(27)23-50(42-46-26-48-56-42)57(52,53)40-22-35(44)39(21-36(40)45)55-38-16-14-31(43)20-34(38)37-17-18-47-51(37)32-24-49(25-32)41(28-9-5-3-6-10-28)29-11-7-4-8-12-29/h3-22,26,32,41H,23-25H2,1-2H3. The van der Waals surface area contributed by atoms with Gasteiger partial charge in [0.15, 0.2) is 11.6 Å². The van der Waals surface area contributed by atoms with Crippen molar-refractivity contribution in [1.82, 2.24) is 24.0 Å². The third-order valence-electron chi connectivity index (χ3n) is 9.92. The van der Waals surface area contributed by atoms with Gasteiger partial charge in [0.2, 0.25) is 5.13 Å². The first-order chi connectivity index (χ1) is 27.6. The van der Waals surface area contributed by atoms with Gasteiger partial charge in [0.05, 0.1) is 31.4 Å². The molecule has 10 nitrogen and oxygen atoms in total. The molecule has 0 unspecified atom stereocenters. The van der Waals surface area contributed by atoms with E-state index in [1.54, 1.807) is 49.5 Å². The summed E-state index contributed by atoms with van der Waals surface area (Å²) in [6.45, 7) is 2.97. The van der Waals surface area contributed by atoms with Crippen molar-refractivity contribution < 1.29 is 26.7 Å². The van der Waals surface area contributed by atoms with Crippen LogP contribution in [0.3, 0.4) is 0 Å². The zero-order valence-electron chi connectivity index (χ0n) is 30.7. The number of halogens is 3. The zero-order chi connectivity index (χ0) is 39.7. The highest BCUT2D eigenvalue weighted by Gasteiger charge is 2.37. The maximum atomic E-state index is 16.0. The highest BCUT2D eigenvalue weighted by molar-refractivity contribution is 7.93. The molecule has 5 aromatic carbocycles. The van der Waals surface area contributed by atoms with E-state index >= 15 is 8.78 Å². The van der Waals surface area contributed by atoms with E-state index in [1.807, 2.05) is 47.1 Å². The first-order valence-corrected chi connectivity index (χ1v) is 20.5. The summed E-state index contributed by atoms with van der Waals surface area (Å²) >= 11 is 7.29. The van der Waals surface area contributed by atoms with Crippen molar-refractivity contribution in [3.8, 4) is 28.5 Å². The van der Waals surface area contributed by atoms with Crippen LogP contribution in [0.5, 0.6) is 17.2 Å². The number of anilines is 1. The summed E-state index contributed by atoms with van der Waals surface area (Å²) in [5.41, 5.74) is 4.85. The van der Waals surface area contributed by atoms with E-state index in [-0.39, 0.29) is 29.5 Å². The summed E-state index contributed by atoms with van der Waals surface area (Å²) in [5, 5.41) is 5.03. The predicted octanol–water partition coefficient (Wildman–Crippen LogP) is 9.48. The minimum atomic E-state index is -4.70. The molecule has 0 N–H and O–H groups in total. The molecule has 0 amide bonds. The first-order valence-electron chi connectivity index (χ1n) is 17.9. The Morgan fingerprint density at radius 1 is 0.895 bits per heavy atom. The molecule has 2 aromatic heterocycles. The van der Waals surface area contributed by atoms with Gasteiger partial charge >= 0.3 is 0 Å². The molecule has 7 aromatic rings. The molecule has 1 aliphatic heterocycles. The van der Waals surface area contributed by atoms with Crippen LogP contribution in [0.15, 0.2) is 133 Å². The molecule has 1 fully saturated rings. The number of sulfonamides is 1. The Morgan fingerprint density at radius 2 is 1.61 bits per heavy atom. The number of benzene rings is 5. The zero-order valence-corrected chi connectivity index (χ0v) is 33.1. The summed E-state index contributed by atoms with van der Waals surface area (Å²) in [6.07, 6.45) is 2.87. The lowest BCUT2D eigenvalue weighted by atomic mass is 9.93. The van der Waals surface area contributed by atoms with Crippen molar-refractivity contribution in [3.63, 3.8) is 0 Å². The van der Waals surface area contributed by atoms with Gasteiger partial charge in [-0.05, 0) is 65.6 Å². The van der Waals surface area contributed by atoms with E-state index in [0.29, 0.717) is 46.7 Å². The molecule has 57 heavy (non-hydrogen) atoms. The molecule has 290 valence electrons. The smallest absolute Gasteiger partial charge is 0.269 e. The normalized spacial score (nSPS) is 13.4. The SMILES string of the molecule is COc1ccc(CN(c2ncns2)S(=O)(=O)c2cc(F)c(Oc3ccc(Cl)cc3-c3ccnn3C3CN(C(c4ccccc4)c4ccccc4)C3)cc2F)c(C)c1. The van der Waals surface area contributed by atoms with E-state index in [4.69, 9.17) is 21.1 Å². The summed E-state index contributed by atoms with van der Waals surface area (Å²) < 4.78 is 78.2. The van der Waals surface area contributed by atoms with E-state index in [2.05, 4.69) is 43.6 Å². The number of ether oxygens (including phenoxy) is 2. The number of aromatic nitrogens is 4. The van der Waals surface area contributed by atoms with Crippen LogP contribution in [0.25, 0.3) is 11.3 Å². The van der Waals surface area contributed by atoms with Crippen LogP contribution < -0.4 is 13.8 Å². The maximum absolute atomic E-state index is 16.0. The van der Waals surface area contributed by atoms with E-state index in [9.17, 15) is 8.42 Å². The molecule has 0 spiro atoms. The molecule has 0 saturated carbocycles. The molecule has 1 aliphatic rings. The van der Waals surface area contributed by atoms with Crippen LogP contribution >= 0.6 is 23.1 Å². The molecule has 0 radical (unpaired) electrons. The van der Waals surface area contributed by atoms with Gasteiger partial charge < -0.3 is 9.47 Å². The molecular weight excluding hydrogens is 790 g/mol. The Kier molecular flexibility index (Phi) is 10.8. The quantitative estimate of drug-likeness (QED) is 0.113. The Bertz CT molecular complexity index is 2590. The van der Waals surface area contributed by atoms with Gasteiger partial charge in [0.25, 0.3) is 10.0 Å². The number of aryl methyl sites for hydroxylation is 1. The van der Waals surface area contributed by atoms with Gasteiger partial charge in [0.1, 0.15) is 28.5 Å². The molecule has 15 heteroatoms. The Morgan fingerprint density at radius 3 is 2.26 bits per heavy atom. The van der Waals surface area contributed by atoms with Gasteiger partial charge in [-0.15, -0.1) is 0 Å². The molecule has 3 heterocycles. The average molecular weight is 825 g/mol. The van der Waals surface area contributed by atoms with Crippen LogP contribution in [0.4, 0.5) is 13.9 Å². The summed E-state index contributed by atoms with van der Waals surface area (Å²) in [4.78, 5) is 5.57. The number of nitrogens with zero attached hydrogens (tertiary/aromatic N) is 6. The fraction of sp³-hybridized carbons (Fsp3) is 0.167. The monoisotopic (exact) mass is 824 g/mol. The minimum absolute atomic E-state index is 0.00638. The second-order valence-corrected chi connectivity index (χ2v) is 16.5. The summed E-state index contributed by atoms with van der Waals surface area (Å²) in [7, 11) is -3.17. The topological polar surface area (TPSA) is 103 Å².